The van der Waals surface area contributed by atoms with Crippen molar-refractivity contribution in [3.05, 3.63) is 90.4 Å². The van der Waals surface area contributed by atoms with Gasteiger partial charge in [0.25, 0.3) is 11.8 Å². The third-order valence-electron chi connectivity index (χ3n) is 6.91. The number of benzene rings is 2. The van der Waals surface area contributed by atoms with E-state index in [2.05, 4.69) is 10.3 Å². The maximum absolute atomic E-state index is 13.7. The van der Waals surface area contributed by atoms with E-state index in [1.54, 1.807) is 24.7 Å². The van der Waals surface area contributed by atoms with Crippen LogP contribution in [0.4, 0.5) is 0 Å². The van der Waals surface area contributed by atoms with E-state index in [-0.39, 0.29) is 17.9 Å². The topological polar surface area (TPSA) is 75.4 Å². The van der Waals surface area contributed by atoms with Crippen LogP contribution in [-0.2, 0) is 0 Å². The van der Waals surface area contributed by atoms with Gasteiger partial charge in [-0.05, 0) is 54.2 Å². The summed E-state index contributed by atoms with van der Waals surface area (Å²) in [5, 5.41) is 3.87. The van der Waals surface area contributed by atoms with E-state index in [0.717, 1.165) is 29.5 Å². The standard InChI is InChI=1S/C27H23N3O3/c31-26(21-8-3-9-25-20(21)10-12-33-25)29-15-24-23-13-18(23)16-30(24)27(32)22-7-2-1-6-19(22)17-5-4-11-28-14-17/h1-12,14,18,23-24H,13,15-16H2,(H,29,31)/t18-,23-,24-/m1/s1. The summed E-state index contributed by atoms with van der Waals surface area (Å²) in [6.45, 7) is 1.18. The summed E-state index contributed by atoms with van der Waals surface area (Å²) in [7, 11) is 0. The summed E-state index contributed by atoms with van der Waals surface area (Å²) in [5.74, 6) is 0.843. The molecule has 33 heavy (non-hydrogen) atoms. The zero-order chi connectivity index (χ0) is 22.4. The number of fused-ring (bicyclic) bond motifs is 2. The molecule has 0 bridgehead atoms. The number of pyridine rings is 1. The number of piperidine rings is 1. The predicted octanol–water partition coefficient (Wildman–Crippen LogP) is 4.39. The van der Waals surface area contributed by atoms with E-state index in [9.17, 15) is 9.59 Å². The fourth-order valence-corrected chi connectivity index (χ4v) is 5.15. The Hall–Kier alpha value is -3.93. The lowest BCUT2D eigenvalue weighted by Crippen LogP contribution is -2.45. The van der Waals surface area contributed by atoms with Crippen LogP contribution in [0.25, 0.3) is 22.1 Å². The van der Waals surface area contributed by atoms with Crippen LogP contribution in [-0.4, -0.2) is 40.8 Å². The van der Waals surface area contributed by atoms with Crippen LogP contribution >= 0.6 is 0 Å². The molecule has 6 heteroatoms. The molecule has 1 saturated carbocycles. The maximum Gasteiger partial charge on any atom is 0.254 e. The molecule has 2 amide bonds. The molecule has 164 valence electrons. The molecule has 2 fully saturated rings. The highest BCUT2D eigenvalue weighted by Crippen LogP contribution is 2.50. The normalized spacial score (nSPS) is 21.1. The number of nitrogens with zero attached hydrogens (tertiary/aromatic N) is 2. The Morgan fingerprint density at radius 1 is 1.03 bits per heavy atom. The lowest BCUT2D eigenvalue weighted by atomic mass is 9.99. The Morgan fingerprint density at radius 2 is 1.91 bits per heavy atom. The fraction of sp³-hybridized carbons (Fsp3) is 0.222. The molecule has 2 aliphatic rings. The van der Waals surface area contributed by atoms with Gasteiger partial charge in [0.15, 0.2) is 0 Å². The average molecular weight is 437 g/mol. The molecular formula is C27H23N3O3. The minimum atomic E-state index is -0.144. The van der Waals surface area contributed by atoms with Crippen molar-refractivity contribution in [1.29, 1.82) is 0 Å². The highest BCUT2D eigenvalue weighted by Gasteiger charge is 2.54. The highest BCUT2D eigenvalue weighted by atomic mass is 16.3. The van der Waals surface area contributed by atoms with Gasteiger partial charge >= 0.3 is 0 Å². The molecule has 1 aliphatic carbocycles. The molecule has 1 N–H and O–H groups in total. The van der Waals surface area contributed by atoms with Gasteiger partial charge in [-0.2, -0.15) is 0 Å². The van der Waals surface area contributed by atoms with Crippen LogP contribution in [0.15, 0.2) is 83.7 Å². The number of rotatable bonds is 5. The molecule has 4 aromatic rings. The van der Waals surface area contributed by atoms with Crippen LogP contribution in [0, 0.1) is 11.8 Å². The average Bonchev–Trinajstić information content (AvgIpc) is 3.29. The van der Waals surface area contributed by atoms with E-state index < -0.39 is 0 Å². The summed E-state index contributed by atoms with van der Waals surface area (Å²) in [6, 6.07) is 18.8. The molecule has 1 saturated heterocycles. The Morgan fingerprint density at radius 3 is 2.79 bits per heavy atom. The number of aromatic nitrogens is 1. The third-order valence-corrected chi connectivity index (χ3v) is 6.91. The number of hydrogen-bond donors (Lipinski definition) is 1. The Bertz CT molecular complexity index is 1350. The van der Waals surface area contributed by atoms with Crippen LogP contribution in [0.2, 0.25) is 0 Å². The summed E-state index contributed by atoms with van der Waals surface area (Å²) in [5.41, 5.74) is 3.75. The van der Waals surface area contributed by atoms with Gasteiger partial charge in [-0.1, -0.05) is 30.3 Å². The molecule has 2 aromatic carbocycles. The van der Waals surface area contributed by atoms with Crippen molar-refractivity contribution < 1.29 is 14.0 Å². The molecule has 6 nitrogen and oxygen atoms in total. The molecule has 3 heterocycles. The van der Waals surface area contributed by atoms with Crippen molar-refractivity contribution >= 4 is 22.8 Å². The highest BCUT2D eigenvalue weighted by molar-refractivity contribution is 6.06. The molecule has 0 radical (unpaired) electrons. The summed E-state index contributed by atoms with van der Waals surface area (Å²) < 4.78 is 5.42. The molecular weight excluding hydrogens is 414 g/mol. The molecule has 3 atom stereocenters. The minimum Gasteiger partial charge on any atom is -0.464 e. The fourth-order valence-electron chi connectivity index (χ4n) is 5.15. The van der Waals surface area contributed by atoms with Gasteiger partial charge < -0.3 is 14.6 Å². The first-order chi connectivity index (χ1) is 16.2. The van der Waals surface area contributed by atoms with Crippen molar-refractivity contribution in [2.75, 3.05) is 13.1 Å². The second-order valence-electron chi connectivity index (χ2n) is 8.82. The number of carbonyl (C=O) groups is 2. The smallest absolute Gasteiger partial charge is 0.254 e. The number of likely N-dealkylation sites (tertiary alicyclic amines) is 1. The monoisotopic (exact) mass is 437 g/mol. The lowest BCUT2D eigenvalue weighted by molar-refractivity contribution is 0.0695. The third kappa shape index (κ3) is 3.48. The second kappa shape index (κ2) is 7.89. The Labute approximate surface area is 191 Å². The van der Waals surface area contributed by atoms with Gasteiger partial charge in [0.1, 0.15) is 5.58 Å². The van der Waals surface area contributed by atoms with Gasteiger partial charge in [0.2, 0.25) is 0 Å². The SMILES string of the molecule is O=C(NC[C@@H]1[C@@H]2C[C@@H]2CN1C(=O)c1ccccc1-c1cccnc1)c1cccc2occc12. The number of nitrogens with one attached hydrogen (secondary N) is 1. The zero-order valence-electron chi connectivity index (χ0n) is 18.0. The van der Waals surface area contributed by atoms with Crippen molar-refractivity contribution in [3.8, 4) is 11.1 Å². The molecule has 6 rings (SSSR count). The second-order valence-corrected chi connectivity index (χ2v) is 8.82. The van der Waals surface area contributed by atoms with Gasteiger partial charge in [-0.3, -0.25) is 14.6 Å². The number of furan rings is 1. The van der Waals surface area contributed by atoms with Crippen molar-refractivity contribution in [3.63, 3.8) is 0 Å². The van der Waals surface area contributed by atoms with Gasteiger partial charge in [-0.25, -0.2) is 0 Å². The largest absolute Gasteiger partial charge is 0.464 e. The zero-order valence-corrected chi connectivity index (χ0v) is 18.0. The number of carbonyl (C=O) groups excluding carboxylic acids is 2. The molecule has 1 aliphatic heterocycles. The van der Waals surface area contributed by atoms with E-state index in [1.807, 2.05) is 59.5 Å². The molecule has 0 spiro atoms. The van der Waals surface area contributed by atoms with Crippen LogP contribution < -0.4 is 5.32 Å². The van der Waals surface area contributed by atoms with E-state index >= 15 is 0 Å². The molecule has 2 aromatic heterocycles. The van der Waals surface area contributed by atoms with Crippen LogP contribution in [0.3, 0.4) is 0 Å². The van der Waals surface area contributed by atoms with Crippen molar-refractivity contribution in [2.45, 2.75) is 12.5 Å². The van der Waals surface area contributed by atoms with E-state index in [1.165, 1.54) is 0 Å². The van der Waals surface area contributed by atoms with E-state index in [4.69, 9.17) is 4.42 Å². The first-order valence-corrected chi connectivity index (χ1v) is 11.3. The first kappa shape index (κ1) is 19.7. The number of hydrogen-bond acceptors (Lipinski definition) is 4. The van der Waals surface area contributed by atoms with Crippen molar-refractivity contribution in [2.24, 2.45) is 11.8 Å². The number of amides is 2. The van der Waals surface area contributed by atoms with Gasteiger partial charge in [0.05, 0.1) is 17.9 Å². The Kier molecular flexibility index (Phi) is 4.72. The summed E-state index contributed by atoms with van der Waals surface area (Å²) in [4.78, 5) is 32.8. The van der Waals surface area contributed by atoms with Crippen LogP contribution in [0.1, 0.15) is 27.1 Å². The quantitative estimate of drug-likeness (QED) is 0.503. The van der Waals surface area contributed by atoms with Gasteiger partial charge in [-0.15, -0.1) is 0 Å². The summed E-state index contributed by atoms with van der Waals surface area (Å²) >= 11 is 0. The first-order valence-electron chi connectivity index (χ1n) is 11.3. The Balaban J connectivity index is 1.23. The predicted molar refractivity (Wildman–Crippen MR) is 125 cm³/mol. The minimum absolute atomic E-state index is 0.00282. The van der Waals surface area contributed by atoms with Gasteiger partial charge in [0, 0.05) is 42.0 Å². The lowest BCUT2D eigenvalue weighted by Gasteiger charge is -2.28. The van der Waals surface area contributed by atoms with E-state index in [0.29, 0.717) is 35.1 Å². The van der Waals surface area contributed by atoms with Crippen LogP contribution in [0.5, 0.6) is 0 Å². The maximum atomic E-state index is 13.7. The molecule has 0 unspecified atom stereocenters. The van der Waals surface area contributed by atoms with Crippen molar-refractivity contribution in [1.82, 2.24) is 15.2 Å². The summed E-state index contributed by atoms with van der Waals surface area (Å²) in [6.07, 6.45) is 6.21.